The van der Waals surface area contributed by atoms with Gasteiger partial charge in [0.2, 0.25) is 0 Å². The van der Waals surface area contributed by atoms with Crippen LogP contribution in [0, 0.1) is 11.3 Å². The highest BCUT2D eigenvalue weighted by Gasteiger charge is 2.24. The van der Waals surface area contributed by atoms with Gasteiger partial charge in [0, 0.05) is 10.0 Å². The minimum absolute atomic E-state index is 0.164. The van der Waals surface area contributed by atoms with Gasteiger partial charge in [0.05, 0.1) is 0 Å². The average Bonchev–Trinajstić information content (AvgIpc) is 2.15. The summed E-state index contributed by atoms with van der Waals surface area (Å²) in [6.07, 6.45) is 0.832. The van der Waals surface area contributed by atoms with Gasteiger partial charge < -0.3 is 5.73 Å². The van der Waals surface area contributed by atoms with E-state index in [2.05, 4.69) is 20.8 Å². The monoisotopic (exact) mass is 259 g/mol. The molecule has 1 unspecified atom stereocenters. The van der Waals surface area contributed by atoms with Crippen molar-refractivity contribution in [1.82, 2.24) is 0 Å². The summed E-state index contributed by atoms with van der Waals surface area (Å²) in [5, 5.41) is 1.46. The van der Waals surface area contributed by atoms with Crippen LogP contribution in [0.5, 0.6) is 0 Å². The largest absolute Gasteiger partial charge is 0.330 e. The normalized spacial score (nSPS) is 13.9. The second kappa shape index (κ2) is 5.39. The van der Waals surface area contributed by atoms with Crippen molar-refractivity contribution in [3.05, 3.63) is 33.8 Å². The summed E-state index contributed by atoms with van der Waals surface area (Å²) in [5.74, 6) is 0.380. The van der Waals surface area contributed by atoms with Crippen molar-refractivity contribution in [3.8, 4) is 0 Å². The molecular formula is C13H19Cl2N. The fraction of sp³-hybridized carbons (Fsp3) is 0.538. The van der Waals surface area contributed by atoms with Crippen molar-refractivity contribution in [2.24, 2.45) is 17.1 Å². The molecule has 1 rings (SSSR count). The lowest BCUT2D eigenvalue weighted by Gasteiger charge is -2.30. The minimum Gasteiger partial charge on any atom is -0.330 e. The fourth-order valence-corrected chi connectivity index (χ4v) is 2.27. The highest BCUT2D eigenvalue weighted by molar-refractivity contribution is 6.35. The van der Waals surface area contributed by atoms with Crippen LogP contribution in [0.1, 0.15) is 26.3 Å². The van der Waals surface area contributed by atoms with Gasteiger partial charge in [0.25, 0.3) is 0 Å². The molecule has 1 atom stereocenters. The molecule has 90 valence electrons. The van der Waals surface area contributed by atoms with Crippen molar-refractivity contribution in [2.45, 2.75) is 27.2 Å². The van der Waals surface area contributed by atoms with Gasteiger partial charge in [0.1, 0.15) is 0 Å². The predicted molar refractivity (Wildman–Crippen MR) is 72.2 cm³/mol. The molecule has 0 aliphatic rings. The fourth-order valence-electron chi connectivity index (χ4n) is 1.72. The molecule has 0 bridgehead atoms. The Bertz CT molecular complexity index is 335. The first-order valence-corrected chi connectivity index (χ1v) is 6.24. The van der Waals surface area contributed by atoms with E-state index in [1.54, 1.807) is 0 Å². The third kappa shape index (κ3) is 3.38. The van der Waals surface area contributed by atoms with Gasteiger partial charge in [-0.1, -0.05) is 50.0 Å². The van der Waals surface area contributed by atoms with Crippen LogP contribution >= 0.6 is 23.2 Å². The number of benzene rings is 1. The molecule has 1 aromatic carbocycles. The molecule has 16 heavy (non-hydrogen) atoms. The smallest absolute Gasteiger partial charge is 0.0452 e. The van der Waals surface area contributed by atoms with Gasteiger partial charge in [-0.3, -0.25) is 0 Å². The molecule has 1 nitrogen and oxygen atoms in total. The summed E-state index contributed by atoms with van der Waals surface area (Å²) in [6, 6.07) is 5.61. The number of nitrogens with two attached hydrogens (primary N) is 1. The Kier molecular flexibility index (Phi) is 4.66. The van der Waals surface area contributed by atoms with Crippen LogP contribution in [-0.4, -0.2) is 6.54 Å². The molecule has 0 saturated carbocycles. The number of halogens is 2. The molecule has 0 saturated heterocycles. The van der Waals surface area contributed by atoms with Crippen LogP contribution in [0.25, 0.3) is 0 Å². The molecule has 0 aromatic heterocycles. The lowest BCUT2D eigenvalue weighted by molar-refractivity contribution is 0.246. The van der Waals surface area contributed by atoms with Crippen LogP contribution in [0.3, 0.4) is 0 Å². The maximum atomic E-state index is 6.16. The summed E-state index contributed by atoms with van der Waals surface area (Å²) in [6.45, 7) is 7.21. The molecular weight excluding hydrogens is 241 g/mol. The van der Waals surface area contributed by atoms with Crippen molar-refractivity contribution in [2.75, 3.05) is 6.54 Å². The van der Waals surface area contributed by atoms with Gasteiger partial charge in [-0.05, 0) is 42.0 Å². The molecule has 0 spiro atoms. The van der Waals surface area contributed by atoms with Crippen LogP contribution < -0.4 is 5.73 Å². The Morgan fingerprint density at radius 1 is 1.19 bits per heavy atom. The average molecular weight is 260 g/mol. The van der Waals surface area contributed by atoms with E-state index < -0.39 is 0 Å². The molecule has 0 radical (unpaired) electrons. The zero-order chi connectivity index (χ0) is 12.3. The van der Waals surface area contributed by atoms with Crippen LogP contribution in [0.4, 0.5) is 0 Å². The second-order valence-corrected chi connectivity index (χ2v) is 6.02. The van der Waals surface area contributed by atoms with E-state index in [1.807, 2.05) is 18.2 Å². The summed E-state index contributed by atoms with van der Waals surface area (Å²) in [5.41, 5.74) is 7.00. The second-order valence-electron chi connectivity index (χ2n) is 5.20. The van der Waals surface area contributed by atoms with E-state index >= 15 is 0 Å². The number of hydrogen-bond donors (Lipinski definition) is 1. The summed E-state index contributed by atoms with van der Waals surface area (Å²) in [7, 11) is 0. The first-order chi connectivity index (χ1) is 7.36. The summed E-state index contributed by atoms with van der Waals surface area (Å²) in [4.78, 5) is 0. The molecule has 1 aromatic rings. The molecule has 0 heterocycles. The van der Waals surface area contributed by atoms with Gasteiger partial charge >= 0.3 is 0 Å². The van der Waals surface area contributed by atoms with Crippen molar-refractivity contribution in [3.63, 3.8) is 0 Å². The summed E-state index contributed by atoms with van der Waals surface area (Å²) < 4.78 is 0. The Balaban J connectivity index is 2.95. The first-order valence-electron chi connectivity index (χ1n) is 5.49. The van der Waals surface area contributed by atoms with Gasteiger partial charge in [0.15, 0.2) is 0 Å². The number of rotatable bonds is 3. The van der Waals surface area contributed by atoms with E-state index in [1.165, 1.54) is 0 Å². The lowest BCUT2D eigenvalue weighted by atomic mass is 9.77. The van der Waals surface area contributed by atoms with E-state index in [4.69, 9.17) is 28.9 Å². The van der Waals surface area contributed by atoms with Crippen LogP contribution in [0.15, 0.2) is 18.2 Å². The summed E-state index contributed by atoms with van der Waals surface area (Å²) >= 11 is 12.3. The maximum Gasteiger partial charge on any atom is 0.0452 e. The van der Waals surface area contributed by atoms with Crippen LogP contribution in [-0.2, 0) is 6.42 Å². The van der Waals surface area contributed by atoms with Gasteiger partial charge in [-0.15, -0.1) is 0 Å². The van der Waals surface area contributed by atoms with E-state index in [0.29, 0.717) is 12.5 Å². The Morgan fingerprint density at radius 2 is 1.69 bits per heavy atom. The molecule has 3 heteroatoms. The maximum absolute atomic E-state index is 6.16. The SMILES string of the molecule is CC(C)(C)C(CN)Cc1c(Cl)cccc1Cl. The van der Waals surface area contributed by atoms with E-state index in [-0.39, 0.29) is 5.41 Å². The highest BCUT2D eigenvalue weighted by Crippen LogP contribution is 2.33. The number of hydrogen-bond acceptors (Lipinski definition) is 1. The van der Waals surface area contributed by atoms with Crippen LogP contribution in [0.2, 0.25) is 10.0 Å². The zero-order valence-corrected chi connectivity index (χ0v) is 11.6. The molecule has 0 fully saturated rings. The third-order valence-electron chi connectivity index (χ3n) is 3.02. The zero-order valence-electron chi connectivity index (χ0n) is 10.1. The van der Waals surface area contributed by atoms with Crippen molar-refractivity contribution in [1.29, 1.82) is 0 Å². The minimum atomic E-state index is 0.164. The van der Waals surface area contributed by atoms with Gasteiger partial charge in [-0.2, -0.15) is 0 Å². The van der Waals surface area contributed by atoms with Gasteiger partial charge in [-0.25, -0.2) is 0 Å². The quantitative estimate of drug-likeness (QED) is 0.867. The third-order valence-corrected chi connectivity index (χ3v) is 3.73. The first kappa shape index (κ1) is 13.8. The molecule has 0 aliphatic carbocycles. The Morgan fingerprint density at radius 3 is 2.06 bits per heavy atom. The highest BCUT2D eigenvalue weighted by atomic mass is 35.5. The predicted octanol–water partition coefficient (Wildman–Crippen LogP) is 4.16. The standard InChI is InChI=1S/C13H19Cl2N/c1-13(2,3)9(8-16)7-10-11(14)5-4-6-12(10)15/h4-6,9H,7-8,16H2,1-3H3. The lowest BCUT2D eigenvalue weighted by Crippen LogP contribution is -2.30. The van der Waals surface area contributed by atoms with Crippen molar-refractivity contribution >= 4 is 23.2 Å². The van der Waals surface area contributed by atoms with E-state index in [0.717, 1.165) is 22.0 Å². The Hall–Kier alpha value is -0.240. The molecule has 0 aliphatic heterocycles. The topological polar surface area (TPSA) is 26.0 Å². The van der Waals surface area contributed by atoms with E-state index in [9.17, 15) is 0 Å². The molecule has 2 N–H and O–H groups in total. The Labute approximate surface area is 108 Å². The molecule has 0 amide bonds. The van der Waals surface area contributed by atoms with Crippen molar-refractivity contribution < 1.29 is 0 Å².